The molecule has 3 heteroatoms. The third-order valence-electron chi connectivity index (χ3n) is 3.03. The number of hydrogen-bond donors (Lipinski definition) is 2. The van der Waals surface area contributed by atoms with Gasteiger partial charge in [-0.25, -0.2) is 0 Å². The first kappa shape index (κ1) is 10.5. The molecule has 0 saturated heterocycles. The maximum Gasteiger partial charge on any atom is 0.234 e. The normalized spacial score (nSPS) is 30.3. The van der Waals surface area contributed by atoms with Gasteiger partial charge in [0.05, 0.1) is 6.04 Å². The van der Waals surface area contributed by atoms with Crippen molar-refractivity contribution in [1.82, 2.24) is 5.32 Å². The first-order chi connectivity index (χ1) is 6.13. The highest BCUT2D eigenvalue weighted by molar-refractivity contribution is 5.79. The molecule has 2 unspecified atom stereocenters. The first-order valence-corrected chi connectivity index (χ1v) is 5.18. The maximum atomic E-state index is 10.8. The Hall–Kier alpha value is -0.570. The van der Waals surface area contributed by atoms with Gasteiger partial charge in [0, 0.05) is 6.04 Å². The van der Waals surface area contributed by atoms with Crippen LogP contribution in [0.5, 0.6) is 0 Å². The minimum Gasteiger partial charge on any atom is -0.368 e. The molecular formula is C10H20N2O. The summed E-state index contributed by atoms with van der Waals surface area (Å²) in [7, 11) is 0. The van der Waals surface area contributed by atoms with E-state index in [1.807, 2.05) is 6.92 Å². The monoisotopic (exact) mass is 184 g/mol. The maximum absolute atomic E-state index is 10.8. The molecule has 0 spiro atoms. The summed E-state index contributed by atoms with van der Waals surface area (Å²) in [5.74, 6) is 0.595. The van der Waals surface area contributed by atoms with E-state index in [1.165, 1.54) is 25.7 Å². The van der Waals surface area contributed by atoms with Gasteiger partial charge in [0.15, 0.2) is 0 Å². The molecule has 1 rings (SSSR count). The third kappa shape index (κ3) is 2.99. The average molecular weight is 184 g/mol. The molecule has 0 aliphatic heterocycles. The molecule has 0 bridgehead atoms. The lowest BCUT2D eigenvalue weighted by atomic mass is 10.1. The van der Waals surface area contributed by atoms with Crippen LogP contribution in [-0.2, 0) is 4.79 Å². The van der Waals surface area contributed by atoms with Crippen molar-refractivity contribution in [2.75, 3.05) is 0 Å². The lowest BCUT2D eigenvalue weighted by Gasteiger charge is -2.16. The second-order valence-corrected chi connectivity index (χ2v) is 4.07. The van der Waals surface area contributed by atoms with Gasteiger partial charge < -0.3 is 11.1 Å². The van der Waals surface area contributed by atoms with E-state index in [-0.39, 0.29) is 11.9 Å². The molecule has 13 heavy (non-hydrogen) atoms. The van der Waals surface area contributed by atoms with E-state index in [2.05, 4.69) is 12.2 Å². The van der Waals surface area contributed by atoms with Crippen LogP contribution in [0.15, 0.2) is 0 Å². The zero-order chi connectivity index (χ0) is 9.84. The van der Waals surface area contributed by atoms with Gasteiger partial charge in [-0.15, -0.1) is 0 Å². The third-order valence-corrected chi connectivity index (χ3v) is 3.03. The minimum atomic E-state index is -0.250. The molecule has 76 valence electrons. The van der Waals surface area contributed by atoms with Crippen LogP contribution in [0.1, 0.15) is 39.5 Å². The van der Waals surface area contributed by atoms with E-state index in [1.54, 1.807) is 0 Å². The first-order valence-electron chi connectivity index (χ1n) is 5.18. The zero-order valence-corrected chi connectivity index (χ0v) is 8.55. The molecule has 3 nitrogen and oxygen atoms in total. The molecule has 1 fully saturated rings. The molecule has 0 radical (unpaired) electrons. The summed E-state index contributed by atoms with van der Waals surface area (Å²) in [4.78, 5) is 10.8. The second-order valence-electron chi connectivity index (χ2n) is 4.07. The van der Waals surface area contributed by atoms with E-state index in [0.717, 1.165) is 5.92 Å². The van der Waals surface area contributed by atoms with Crippen molar-refractivity contribution in [2.45, 2.75) is 51.6 Å². The minimum absolute atomic E-state index is 0.180. The fourth-order valence-corrected chi connectivity index (χ4v) is 2.03. The van der Waals surface area contributed by atoms with E-state index in [9.17, 15) is 4.79 Å². The Balaban J connectivity index is 2.27. The van der Waals surface area contributed by atoms with Crippen molar-refractivity contribution in [2.24, 2.45) is 11.7 Å². The van der Waals surface area contributed by atoms with Crippen LogP contribution in [0.2, 0.25) is 0 Å². The molecular weight excluding hydrogens is 164 g/mol. The number of rotatable bonds is 4. The quantitative estimate of drug-likeness (QED) is 0.685. The zero-order valence-electron chi connectivity index (χ0n) is 8.55. The Kier molecular flexibility index (Phi) is 3.72. The SMILES string of the molecule is CCC1CCC(N[C@@H](C)C(N)=O)C1. The summed E-state index contributed by atoms with van der Waals surface area (Å²) >= 11 is 0. The highest BCUT2D eigenvalue weighted by atomic mass is 16.1. The number of primary amides is 1. The van der Waals surface area contributed by atoms with Gasteiger partial charge in [-0.1, -0.05) is 13.3 Å². The van der Waals surface area contributed by atoms with Crippen molar-refractivity contribution >= 4 is 5.91 Å². The molecule has 3 N–H and O–H groups in total. The van der Waals surface area contributed by atoms with Gasteiger partial charge in [-0.3, -0.25) is 4.79 Å². The molecule has 0 heterocycles. The highest BCUT2D eigenvalue weighted by Crippen LogP contribution is 2.27. The van der Waals surface area contributed by atoms with E-state index in [0.29, 0.717) is 6.04 Å². The number of nitrogens with two attached hydrogens (primary N) is 1. The Morgan fingerprint density at radius 2 is 2.31 bits per heavy atom. The lowest BCUT2D eigenvalue weighted by molar-refractivity contribution is -0.119. The van der Waals surface area contributed by atoms with Crippen LogP contribution in [0.4, 0.5) is 0 Å². The second kappa shape index (κ2) is 4.61. The van der Waals surface area contributed by atoms with Gasteiger partial charge in [-0.05, 0) is 32.1 Å². The molecule has 1 amide bonds. The summed E-state index contributed by atoms with van der Waals surface area (Å²) in [5.41, 5.74) is 5.18. The van der Waals surface area contributed by atoms with Crippen molar-refractivity contribution in [3.63, 3.8) is 0 Å². The predicted molar refractivity (Wildman–Crippen MR) is 53.2 cm³/mol. The van der Waals surface area contributed by atoms with Gasteiger partial charge in [0.2, 0.25) is 5.91 Å². The fourth-order valence-electron chi connectivity index (χ4n) is 2.03. The van der Waals surface area contributed by atoms with Gasteiger partial charge in [0.1, 0.15) is 0 Å². The lowest BCUT2D eigenvalue weighted by Crippen LogP contribution is -2.43. The molecule has 1 saturated carbocycles. The van der Waals surface area contributed by atoms with Crippen LogP contribution in [-0.4, -0.2) is 18.0 Å². The summed E-state index contributed by atoms with van der Waals surface area (Å²) in [6.45, 7) is 4.06. The smallest absolute Gasteiger partial charge is 0.234 e. The van der Waals surface area contributed by atoms with Crippen molar-refractivity contribution < 1.29 is 4.79 Å². The number of hydrogen-bond acceptors (Lipinski definition) is 2. The van der Waals surface area contributed by atoms with E-state index >= 15 is 0 Å². The summed E-state index contributed by atoms with van der Waals surface area (Å²) < 4.78 is 0. The molecule has 0 aromatic carbocycles. The Morgan fingerprint density at radius 1 is 1.62 bits per heavy atom. The predicted octanol–water partition coefficient (Wildman–Crippen LogP) is 1.03. The van der Waals surface area contributed by atoms with Crippen LogP contribution in [0.25, 0.3) is 0 Å². The standard InChI is InChI=1S/C10H20N2O/c1-3-8-4-5-9(6-8)12-7(2)10(11)13/h7-9,12H,3-6H2,1-2H3,(H2,11,13)/t7-,8?,9?/m0/s1. The average Bonchev–Trinajstić information content (AvgIpc) is 2.52. The van der Waals surface area contributed by atoms with Crippen LogP contribution in [0, 0.1) is 5.92 Å². The Morgan fingerprint density at radius 3 is 2.77 bits per heavy atom. The largest absolute Gasteiger partial charge is 0.368 e. The van der Waals surface area contributed by atoms with E-state index < -0.39 is 0 Å². The summed E-state index contributed by atoms with van der Waals surface area (Å²) in [6, 6.07) is 0.327. The number of amides is 1. The molecule has 0 aromatic rings. The van der Waals surface area contributed by atoms with Gasteiger partial charge in [0.25, 0.3) is 0 Å². The van der Waals surface area contributed by atoms with Crippen LogP contribution in [0.3, 0.4) is 0 Å². The number of nitrogens with one attached hydrogen (secondary N) is 1. The van der Waals surface area contributed by atoms with Crippen LogP contribution < -0.4 is 11.1 Å². The van der Waals surface area contributed by atoms with Crippen molar-refractivity contribution in [3.05, 3.63) is 0 Å². The van der Waals surface area contributed by atoms with E-state index in [4.69, 9.17) is 5.73 Å². The van der Waals surface area contributed by atoms with Gasteiger partial charge >= 0.3 is 0 Å². The number of carbonyl (C=O) groups is 1. The molecule has 1 aliphatic rings. The Labute approximate surface area is 80.1 Å². The Bertz CT molecular complexity index is 182. The number of carbonyl (C=O) groups excluding carboxylic acids is 1. The highest BCUT2D eigenvalue weighted by Gasteiger charge is 2.25. The molecule has 3 atom stereocenters. The van der Waals surface area contributed by atoms with Gasteiger partial charge in [-0.2, -0.15) is 0 Å². The topological polar surface area (TPSA) is 55.1 Å². The van der Waals surface area contributed by atoms with Crippen LogP contribution >= 0.6 is 0 Å². The fraction of sp³-hybridized carbons (Fsp3) is 0.900. The molecule has 0 aromatic heterocycles. The van der Waals surface area contributed by atoms with Crippen molar-refractivity contribution in [1.29, 1.82) is 0 Å². The summed E-state index contributed by atoms with van der Waals surface area (Å²) in [6.07, 6.45) is 4.94. The summed E-state index contributed by atoms with van der Waals surface area (Å²) in [5, 5.41) is 3.27. The van der Waals surface area contributed by atoms with Crippen molar-refractivity contribution in [3.8, 4) is 0 Å². The molecule has 1 aliphatic carbocycles.